The Kier molecular flexibility index (Phi) is 5.50. The number of rotatable bonds is 5. The highest BCUT2D eigenvalue weighted by molar-refractivity contribution is 7.12. The van der Waals surface area contributed by atoms with E-state index in [0.717, 1.165) is 0 Å². The van der Waals surface area contributed by atoms with E-state index in [1.165, 1.54) is 23.2 Å². The van der Waals surface area contributed by atoms with Crippen molar-refractivity contribution in [3.05, 3.63) is 22.4 Å². The molecule has 7 heteroatoms. The largest absolute Gasteiger partial charge is 0.451 e. The summed E-state index contributed by atoms with van der Waals surface area (Å²) < 4.78 is 4.90. The van der Waals surface area contributed by atoms with Gasteiger partial charge < -0.3 is 15.0 Å². The van der Waals surface area contributed by atoms with E-state index in [0.29, 0.717) is 4.88 Å². The first-order valence-corrected chi connectivity index (χ1v) is 6.52. The van der Waals surface area contributed by atoms with E-state index in [4.69, 9.17) is 4.74 Å². The summed E-state index contributed by atoms with van der Waals surface area (Å²) >= 11 is 1.28. The maximum atomic E-state index is 11.6. The summed E-state index contributed by atoms with van der Waals surface area (Å²) in [5.41, 5.74) is 0. The van der Waals surface area contributed by atoms with Gasteiger partial charge in [0.2, 0.25) is 0 Å². The van der Waals surface area contributed by atoms with Gasteiger partial charge in [0.1, 0.15) is 6.54 Å². The van der Waals surface area contributed by atoms with Crippen LogP contribution < -0.4 is 5.32 Å². The molecule has 6 nitrogen and oxygen atoms in total. The monoisotopic (exact) mass is 284 g/mol. The molecule has 1 aromatic heterocycles. The molecule has 1 heterocycles. The van der Waals surface area contributed by atoms with Crippen LogP contribution in [0.3, 0.4) is 0 Å². The number of carbonyl (C=O) groups is 3. The lowest BCUT2D eigenvalue weighted by molar-refractivity contribution is -0.157. The molecule has 0 aliphatic carbocycles. The molecular weight excluding hydrogens is 268 g/mol. The van der Waals surface area contributed by atoms with E-state index in [-0.39, 0.29) is 18.4 Å². The molecule has 0 saturated carbocycles. The van der Waals surface area contributed by atoms with Gasteiger partial charge >= 0.3 is 5.97 Å². The number of ether oxygens (including phenoxy) is 1. The molecule has 0 aliphatic rings. The molecule has 1 rings (SSSR count). The third-order valence-electron chi connectivity index (χ3n) is 2.24. The molecule has 0 aromatic carbocycles. The fourth-order valence-corrected chi connectivity index (χ4v) is 1.94. The van der Waals surface area contributed by atoms with Crippen LogP contribution in [0.2, 0.25) is 0 Å². The topological polar surface area (TPSA) is 75.7 Å². The van der Waals surface area contributed by atoms with E-state index >= 15 is 0 Å². The molecule has 0 radical (unpaired) electrons. The van der Waals surface area contributed by atoms with Crippen LogP contribution in [0.25, 0.3) is 0 Å². The minimum absolute atomic E-state index is 0.262. The van der Waals surface area contributed by atoms with Gasteiger partial charge in [-0.3, -0.25) is 14.4 Å². The smallest absolute Gasteiger partial charge is 0.326 e. The van der Waals surface area contributed by atoms with Crippen molar-refractivity contribution in [2.24, 2.45) is 0 Å². The third-order valence-corrected chi connectivity index (χ3v) is 3.10. The molecule has 0 saturated heterocycles. The Balaban J connectivity index is 2.36. The van der Waals surface area contributed by atoms with Crippen LogP contribution in [-0.2, 0) is 14.3 Å². The number of nitrogens with one attached hydrogen (secondary N) is 1. The van der Waals surface area contributed by atoms with E-state index in [1.807, 2.05) is 0 Å². The summed E-state index contributed by atoms with van der Waals surface area (Å²) in [7, 11) is 3.15. The van der Waals surface area contributed by atoms with Crippen LogP contribution in [0.15, 0.2) is 17.5 Å². The molecule has 104 valence electrons. The first kappa shape index (κ1) is 15.2. The van der Waals surface area contributed by atoms with Crippen LogP contribution >= 0.6 is 11.3 Å². The van der Waals surface area contributed by atoms with Crippen molar-refractivity contribution in [3.8, 4) is 0 Å². The van der Waals surface area contributed by atoms with E-state index in [2.05, 4.69) is 5.32 Å². The third kappa shape index (κ3) is 4.70. The molecule has 0 fully saturated rings. The van der Waals surface area contributed by atoms with Gasteiger partial charge in [0, 0.05) is 14.1 Å². The van der Waals surface area contributed by atoms with Gasteiger partial charge in [0.15, 0.2) is 6.10 Å². The Hall–Kier alpha value is -1.89. The molecule has 0 aliphatic heterocycles. The number of nitrogens with zero attached hydrogens (tertiary/aromatic N) is 1. The van der Waals surface area contributed by atoms with Crippen LogP contribution in [0, 0.1) is 0 Å². The standard InChI is InChI=1S/C12H16N2O4S/c1-8(12(17)14(2)3)18-10(15)7-13-11(16)9-5-4-6-19-9/h4-6,8H,7H2,1-3H3,(H,13,16)/t8-/m1/s1. The average Bonchev–Trinajstić information content (AvgIpc) is 2.88. The highest BCUT2D eigenvalue weighted by Crippen LogP contribution is 2.07. The minimum Gasteiger partial charge on any atom is -0.451 e. The fourth-order valence-electron chi connectivity index (χ4n) is 1.30. The SMILES string of the molecule is C[C@@H](OC(=O)CNC(=O)c1cccs1)C(=O)N(C)C. The van der Waals surface area contributed by atoms with Crippen LogP contribution in [-0.4, -0.2) is 49.4 Å². The van der Waals surface area contributed by atoms with E-state index in [1.54, 1.807) is 31.6 Å². The summed E-state index contributed by atoms with van der Waals surface area (Å²) in [6.45, 7) is 1.23. The number of hydrogen-bond donors (Lipinski definition) is 1. The van der Waals surface area contributed by atoms with Gasteiger partial charge in [-0.1, -0.05) is 6.07 Å². The maximum absolute atomic E-state index is 11.6. The number of thiophene rings is 1. The van der Waals surface area contributed by atoms with Crippen molar-refractivity contribution in [1.29, 1.82) is 0 Å². The molecule has 0 bridgehead atoms. The molecule has 0 unspecified atom stereocenters. The van der Waals surface area contributed by atoms with Gasteiger partial charge in [0.05, 0.1) is 4.88 Å². The summed E-state index contributed by atoms with van der Waals surface area (Å²) in [6.07, 6.45) is -0.860. The molecule has 1 aromatic rings. The number of hydrogen-bond acceptors (Lipinski definition) is 5. The lowest BCUT2D eigenvalue weighted by Gasteiger charge is -2.17. The van der Waals surface area contributed by atoms with Crippen molar-refractivity contribution in [1.82, 2.24) is 10.2 Å². The van der Waals surface area contributed by atoms with Crippen molar-refractivity contribution in [2.45, 2.75) is 13.0 Å². The second kappa shape index (κ2) is 6.89. The number of carbonyl (C=O) groups excluding carboxylic acids is 3. The number of esters is 1. The molecule has 0 spiro atoms. The second-order valence-corrected chi connectivity index (χ2v) is 4.97. The quantitative estimate of drug-likeness (QED) is 0.799. The van der Waals surface area contributed by atoms with Crippen LogP contribution in [0.4, 0.5) is 0 Å². The molecule has 1 atom stereocenters. The zero-order valence-corrected chi connectivity index (χ0v) is 11.8. The summed E-state index contributed by atoms with van der Waals surface area (Å²) in [4.78, 5) is 36.3. The predicted octanol–water partition coefficient (Wildman–Crippen LogP) is 0.498. The summed E-state index contributed by atoms with van der Waals surface area (Å²) in [6, 6.07) is 3.40. The van der Waals surface area contributed by atoms with Crippen LogP contribution in [0.1, 0.15) is 16.6 Å². The normalized spacial score (nSPS) is 11.5. The van der Waals surface area contributed by atoms with Crippen molar-refractivity contribution in [3.63, 3.8) is 0 Å². The Bertz CT molecular complexity index is 456. The summed E-state index contributed by atoms with van der Waals surface area (Å²) in [5, 5.41) is 4.20. The summed E-state index contributed by atoms with van der Waals surface area (Å²) in [5.74, 6) is -1.29. The van der Waals surface area contributed by atoms with Gasteiger partial charge in [-0.15, -0.1) is 11.3 Å². The van der Waals surface area contributed by atoms with Gasteiger partial charge in [-0.25, -0.2) is 0 Å². The lowest BCUT2D eigenvalue weighted by atomic mass is 10.3. The van der Waals surface area contributed by atoms with Gasteiger partial charge in [-0.05, 0) is 18.4 Å². The Morgan fingerprint density at radius 2 is 2.11 bits per heavy atom. The fraction of sp³-hybridized carbons (Fsp3) is 0.417. The molecule has 1 N–H and O–H groups in total. The minimum atomic E-state index is -0.860. The highest BCUT2D eigenvalue weighted by atomic mass is 32.1. The van der Waals surface area contributed by atoms with Crippen molar-refractivity contribution in [2.75, 3.05) is 20.6 Å². The first-order chi connectivity index (χ1) is 8.91. The van der Waals surface area contributed by atoms with E-state index < -0.39 is 12.1 Å². The predicted molar refractivity (Wildman–Crippen MR) is 70.9 cm³/mol. The average molecular weight is 284 g/mol. The van der Waals surface area contributed by atoms with Gasteiger partial charge in [0.25, 0.3) is 11.8 Å². The maximum Gasteiger partial charge on any atom is 0.326 e. The first-order valence-electron chi connectivity index (χ1n) is 5.64. The Labute approximate surface area is 115 Å². The van der Waals surface area contributed by atoms with Crippen LogP contribution in [0.5, 0.6) is 0 Å². The highest BCUT2D eigenvalue weighted by Gasteiger charge is 2.19. The lowest BCUT2D eigenvalue weighted by Crippen LogP contribution is -2.38. The van der Waals surface area contributed by atoms with Crippen molar-refractivity contribution >= 4 is 29.1 Å². The van der Waals surface area contributed by atoms with E-state index in [9.17, 15) is 14.4 Å². The van der Waals surface area contributed by atoms with Crippen molar-refractivity contribution < 1.29 is 19.1 Å². The Morgan fingerprint density at radius 3 is 2.63 bits per heavy atom. The molecule has 2 amide bonds. The second-order valence-electron chi connectivity index (χ2n) is 4.02. The Morgan fingerprint density at radius 1 is 1.42 bits per heavy atom. The number of likely N-dealkylation sites (N-methyl/N-ethyl adjacent to an activating group) is 1. The number of amides is 2. The zero-order chi connectivity index (χ0) is 14.4. The zero-order valence-electron chi connectivity index (χ0n) is 11.0. The molecule has 19 heavy (non-hydrogen) atoms. The molecular formula is C12H16N2O4S. The van der Waals surface area contributed by atoms with Gasteiger partial charge in [-0.2, -0.15) is 0 Å².